The van der Waals surface area contributed by atoms with E-state index in [1.807, 2.05) is 0 Å². The molecule has 0 saturated heterocycles. The molecule has 0 saturated carbocycles. The van der Waals surface area contributed by atoms with Crippen LogP contribution in [0.2, 0.25) is 0 Å². The van der Waals surface area contributed by atoms with Gasteiger partial charge in [-0.15, -0.1) is 0 Å². The van der Waals surface area contributed by atoms with E-state index in [0.717, 1.165) is 11.0 Å². The number of carbonyl (C=O) groups excluding carboxylic acids is 1. The third-order valence-corrected chi connectivity index (χ3v) is 2.42. The van der Waals surface area contributed by atoms with E-state index in [-0.39, 0.29) is 6.54 Å². The SMILES string of the molecule is CCN(CC(F)(F)F)C(=O)/C=C/c1ccc(N)cc1. The van der Waals surface area contributed by atoms with Crippen molar-refractivity contribution in [1.82, 2.24) is 4.90 Å². The van der Waals surface area contributed by atoms with Gasteiger partial charge in [0.2, 0.25) is 5.91 Å². The molecule has 0 atom stereocenters. The van der Waals surface area contributed by atoms with Crippen LogP contribution in [0.1, 0.15) is 12.5 Å². The lowest BCUT2D eigenvalue weighted by Crippen LogP contribution is -2.37. The topological polar surface area (TPSA) is 46.3 Å². The van der Waals surface area contributed by atoms with Crippen LogP contribution in [0.3, 0.4) is 0 Å². The van der Waals surface area contributed by atoms with Crippen LogP contribution >= 0.6 is 0 Å². The van der Waals surface area contributed by atoms with E-state index in [2.05, 4.69) is 0 Å². The van der Waals surface area contributed by atoms with Crippen molar-refractivity contribution in [2.45, 2.75) is 13.1 Å². The zero-order valence-corrected chi connectivity index (χ0v) is 10.4. The minimum absolute atomic E-state index is 0.00439. The van der Waals surface area contributed by atoms with E-state index < -0.39 is 18.6 Å². The normalized spacial score (nSPS) is 11.8. The van der Waals surface area contributed by atoms with Gasteiger partial charge in [-0.05, 0) is 30.7 Å². The Morgan fingerprint density at radius 1 is 1.32 bits per heavy atom. The van der Waals surface area contributed by atoms with Gasteiger partial charge >= 0.3 is 6.18 Å². The number of anilines is 1. The second-order valence-electron chi connectivity index (χ2n) is 3.97. The molecule has 1 aromatic carbocycles. The number of hydrogen-bond acceptors (Lipinski definition) is 2. The molecule has 1 rings (SSSR count). The number of rotatable bonds is 4. The smallest absolute Gasteiger partial charge is 0.399 e. The van der Waals surface area contributed by atoms with Gasteiger partial charge in [0.25, 0.3) is 0 Å². The quantitative estimate of drug-likeness (QED) is 0.676. The Hall–Kier alpha value is -1.98. The van der Waals surface area contributed by atoms with Crippen LogP contribution in [-0.2, 0) is 4.79 Å². The van der Waals surface area contributed by atoms with Gasteiger partial charge < -0.3 is 10.6 Å². The van der Waals surface area contributed by atoms with Crippen LogP contribution in [0.4, 0.5) is 18.9 Å². The summed E-state index contributed by atoms with van der Waals surface area (Å²) in [6.07, 6.45) is -1.80. The second kappa shape index (κ2) is 6.26. The molecular formula is C13H15F3N2O. The van der Waals surface area contributed by atoms with Crippen molar-refractivity contribution >= 4 is 17.7 Å². The molecule has 0 spiro atoms. The number of hydrogen-bond donors (Lipinski definition) is 1. The highest BCUT2D eigenvalue weighted by Gasteiger charge is 2.31. The number of carbonyl (C=O) groups is 1. The highest BCUT2D eigenvalue weighted by molar-refractivity contribution is 5.91. The molecule has 0 aliphatic rings. The van der Waals surface area contributed by atoms with Gasteiger partial charge in [-0.1, -0.05) is 12.1 Å². The van der Waals surface area contributed by atoms with Crippen molar-refractivity contribution in [2.24, 2.45) is 0 Å². The molecule has 0 bridgehead atoms. The van der Waals surface area contributed by atoms with E-state index in [9.17, 15) is 18.0 Å². The molecule has 104 valence electrons. The van der Waals surface area contributed by atoms with Crippen molar-refractivity contribution in [2.75, 3.05) is 18.8 Å². The van der Waals surface area contributed by atoms with Gasteiger partial charge in [-0.2, -0.15) is 13.2 Å². The zero-order valence-electron chi connectivity index (χ0n) is 10.4. The lowest BCUT2D eigenvalue weighted by molar-refractivity contribution is -0.157. The highest BCUT2D eigenvalue weighted by Crippen LogP contribution is 2.16. The lowest BCUT2D eigenvalue weighted by Gasteiger charge is -2.20. The first-order valence-corrected chi connectivity index (χ1v) is 5.71. The van der Waals surface area contributed by atoms with E-state index in [0.29, 0.717) is 11.3 Å². The van der Waals surface area contributed by atoms with Gasteiger partial charge in [0.1, 0.15) is 6.54 Å². The molecule has 0 aliphatic heterocycles. The molecule has 1 amide bonds. The molecule has 3 nitrogen and oxygen atoms in total. The van der Waals surface area contributed by atoms with Crippen molar-refractivity contribution in [3.63, 3.8) is 0 Å². The molecule has 0 fully saturated rings. The summed E-state index contributed by atoms with van der Waals surface area (Å²) in [6, 6.07) is 6.66. The molecule has 19 heavy (non-hydrogen) atoms. The van der Waals surface area contributed by atoms with E-state index in [4.69, 9.17) is 5.73 Å². The van der Waals surface area contributed by atoms with Crippen molar-refractivity contribution in [3.8, 4) is 0 Å². The Morgan fingerprint density at radius 3 is 2.37 bits per heavy atom. The highest BCUT2D eigenvalue weighted by atomic mass is 19.4. The summed E-state index contributed by atoms with van der Waals surface area (Å²) in [4.78, 5) is 12.3. The molecule has 1 aromatic rings. The predicted molar refractivity (Wildman–Crippen MR) is 68.2 cm³/mol. The summed E-state index contributed by atoms with van der Waals surface area (Å²) in [5.41, 5.74) is 6.78. The Labute approximate surface area is 109 Å². The third kappa shape index (κ3) is 5.46. The summed E-state index contributed by atoms with van der Waals surface area (Å²) >= 11 is 0. The second-order valence-corrected chi connectivity index (χ2v) is 3.97. The number of halogens is 3. The zero-order chi connectivity index (χ0) is 14.5. The van der Waals surface area contributed by atoms with Crippen molar-refractivity contribution in [3.05, 3.63) is 35.9 Å². The molecule has 0 radical (unpaired) electrons. The van der Waals surface area contributed by atoms with E-state index >= 15 is 0 Å². The lowest BCUT2D eigenvalue weighted by atomic mass is 10.2. The molecule has 2 N–H and O–H groups in total. The van der Waals surface area contributed by atoms with Crippen molar-refractivity contribution in [1.29, 1.82) is 0 Å². The number of likely N-dealkylation sites (N-methyl/N-ethyl adjacent to an activating group) is 1. The number of benzene rings is 1. The Balaban J connectivity index is 2.69. The average molecular weight is 272 g/mol. The maximum Gasteiger partial charge on any atom is 0.406 e. The van der Waals surface area contributed by atoms with Crippen LogP contribution in [0.15, 0.2) is 30.3 Å². The monoisotopic (exact) mass is 272 g/mol. The standard InChI is InChI=1S/C13H15F3N2O/c1-2-18(9-13(14,15)16)12(19)8-5-10-3-6-11(17)7-4-10/h3-8H,2,9,17H2,1H3/b8-5+. The molecule has 0 heterocycles. The van der Waals surface area contributed by atoms with Gasteiger partial charge in [0.05, 0.1) is 0 Å². The number of nitrogen functional groups attached to an aromatic ring is 1. The Kier molecular flexibility index (Phi) is 4.97. The van der Waals surface area contributed by atoms with E-state index in [1.54, 1.807) is 24.3 Å². The Bertz CT molecular complexity index is 452. The predicted octanol–water partition coefficient (Wildman–Crippen LogP) is 2.69. The maximum absolute atomic E-state index is 12.2. The Morgan fingerprint density at radius 2 is 1.89 bits per heavy atom. The van der Waals surface area contributed by atoms with Crippen LogP contribution in [-0.4, -0.2) is 30.1 Å². The number of alkyl halides is 3. The molecule has 0 unspecified atom stereocenters. The van der Waals surface area contributed by atoms with Gasteiger partial charge in [-0.3, -0.25) is 4.79 Å². The first-order chi connectivity index (χ1) is 8.81. The first-order valence-electron chi connectivity index (χ1n) is 5.71. The summed E-state index contributed by atoms with van der Waals surface area (Å²) in [5.74, 6) is -0.670. The summed E-state index contributed by atoms with van der Waals surface area (Å²) in [5, 5.41) is 0. The molecule has 6 heteroatoms. The summed E-state index contributed by atoms with van der Waals surface area (Å²) in [7, 11) is 0. The van der Waals surface area contributed by atoms with Crippen LogP contribution in [0, 0.1) is 0 Å². The third-order valence-electron chi connectivity index (χ3n) is 2.42. The fourth-order valence-electron chi connectivity index (χ4n) is 1.44. The number of nitrogens with zero attached hydrogens (tertiary/aromatic N) is 1. The minimum Gasteiger partial charge on any atom is -0.399 e. The van der Waals surface area contributed by atoms with Crippen LogP contribution < -0.4 is 5.73 Å². The largest absolute Gasteiger partial charge is 0.406 e. The fraction of sp³-hybridized carbons (Fsp3) is 0.308. The van der Waals surface area contributed by atoms with E-state index in [1.165, 1.54) is 13.0 Å². The van der Waals surface area contributed by atoms with Gasteiger partial charge in [0, 0.05) is 18.3 Å². The first kappa shape index (κ1) is 15.1. The number of nitrogens with two attached hydrogens (primary N) is 1. The minimum atomic E-state index is -4.39. The fourth-order valence-corrected chi connectivity index (χ4v) is 1.44. The molecular weight excluding hydrogens is 257 g/mol. The van der Waals surface area contributed by atoms with Gasteiger partial charge in [0.15, 0.2) is 0 Å². The molecule has 0 aromatic heterocycles. The summed E-state index contributed by atoms with van der Waals surface area (Å²) in [6.45, 7) is 0.263. The average Bonchev–Trinajstić information content (AvgIpc) is 2.34. The van der Waals surface area contributed by atoms with Crippen molar-refractivity contribution < 1.29 is 18.0 Å². The van der Waals surface area contributed by atoms with Gasteiger partial charge in [-0.25, -0.2) is 0 Å². The number of amides is 1. The van der Waals surface area contributed by atoms with Crippen LogP contribution in [0.25, 0.3) is 6.08 Å². The maximum atomic E-state index is 12.2. The molecule has 0 aliphatic carbocycles. The van der Waals surface area contributed by atoms with Crippen LogP contribution in [0.5, 0.6) is 0 Å². The summed E-state index contributed by atoms with van der Waals surface area (Å²) < 4.78 is 36.7.